The van der Waals surface area contributed by atoms with Gasteiger partial charge in [0.15, 0.2) is 0 Å². The van der Waals surface area contributed by atoms with E-state index >= 15 is 0 Å². The summed E-state index contributed by atoms with van der Waals surface area (Å²) in [6.07, 6.45) is 3.66. The molecule has 0 aromatic heterocycles. The predicted octanol–water partition coefficient (Wildman–Crippen LogP) is 4.17. The Morgan fingerprint density at radius 3 is 2.54 bits per heavy atom. The number of alkyl halides is 2. The number of aliphatic hydroxyl groups is 1. The first kappa shape index (κ1) is 24.4. The number of rotatable bonds is 13. The smallest absolute Gasteiger partial charge is 0.305 e. The van der Waals surface area contributed by atoms with Crippen molar-refractivity contribution >= 4 is 17.5 Å². The maximum Gasteiger partial charge on any atom is 0.305 e. The molecule has 1 aliphatic carbocycles. The molecule has 1 aliphatic rings. The van der Waals surface area contributed by atoms with Crippen LogP contribution in [0.3, 0.4) is 0 Å². The molecule has 1 unspecified atom stereocenters. The zero-order valence-electron chi connectivity index (χ0n) is 16.7. The molecule has 3 atom stereocenters. The van der Waals surface area contributed by atoms with Gasteiger partial charge in [-0.2, -0.15) is 8.78 Å². The van der Waals surface area contributed by atoms with Gasteiger partial charge in [0.25, 0.3) is 0 Å². The van der Waals surface area contributed by atoms with E-state index in [0.29, 0.717) is 19.3 Å². The van der Waals surface area contributed by atoms with E-state index in [0.717, 1.165) is 0 Å². The van der Waals surface area contributed by atoms with Crippen LogP contribution in [0.4, 0.5) is 8.78 Å². The van der Waals surface area contributed by atoms with Crippen LogP contribution in [0, 0.1) is 17.8 Å². The predicted molar refractivity (Wildman–Crippen MR) is 101 cm³/mol. The Morgan fingerprint density at radius 1 is 1.25 bits per heavy atom. The molecule has 1 saturated carbocycles. The van der Waals surface area contributed by atoms with Crippen LogP contribution in [0.1, 0.15) is 71.6 Å². The highest BCUT2D eigenvalue weighted by Gasteiger charge is 2.43. The summed E-state index contributed by atoms with van der Waals surface area (Å²) in [4.78, 5) is 34.5. The van der Waals surface area contributed by atoms with E-state index in [2.05, 4.69) is 0 Å². The Balaban J connectivity index is 2.54. The summed E-state index contributed by atoms with van der Waals surface area (Å²) in [5.74, 6) is -6.37. The molecule has 0 heterocycles. The lowest BCUT2D eigenvalue weighted by atomic mass is 9.86. The van der Waals surface area contributed by atoms with E-state index in [1.807, 2.05) is 13.8 Å². The Bertz CT molecular complexity index is 571. The third kappa shape index (κ3) is 8.17. The molecule has 0 bridgehead atoms. The molecular formula is C21H32F2O5. The number of ketones is 2. The van der Waals surface area contributed by atoms with E-state index in [1.54, 1.807) is 12.2 Å². The number of carboxylic acid groups (broad SMARTS) is 1. The van der Waals surface area contributed by atoms with Gasteiger partial charge in [-0.1, -0.05) is 26.0 Å². The second-order valence-corrected chi connectivity index (χ2v) is 8.10. The number of aliphatic hydroxyl groups excluding tert-OH is 1. The Hall–Kier alpha value is -1.63. The zero-order chi connectivity index (χ0) is 21.3. The van der Waals surface area contributed by atoms with E-state index in [-0.39, 0.29) is 43.8 Å². The minimum atomic E-state index is -3.36. The van der Waals surface area contributed by atoms with Gasteiger partial charge in [0.1, 0.15) is 5.78 Å². The number of carboxylic acids is 1. The summed E-state index contributed by atoms with van der Waals surface area (Å²) in [5.41, 5.74) is 0. The summed E-state index contributed by atoms with van der Waals surface area (Å²) < 4.78 is 27.9. The number of carbonyl (C=O) groups excluding carboxylic acids is 2. The van der Waals surface area contributed by atoms with Gasteiger partial charge in [0, 0.05) is 31.6 Å². The Kier molecular flexibility index (Phi) is 9.93. The summed E-state index contributed by atoms with van der Waals surface area (Å²) in [5, 5.41) is 18.7. The molecule has 7 heteroatoms. The summed E-state index contributed by atoms with van der Waals surface area (Å²) in [6, 6.07) is 0. The Labute approximate surface area is 165 Å². The van der Waals surface area contributed by atoms with Gasteiger partial charge in [-0.05, 0) is 43.9 Å². The highest BCUT2D eigenvalue weighted by molar-refractivity contribution is 5.86. The van der Waals surface area contributed by atoms with Gasteiger partial charge in [-0.25, -0.2) is 0 Å². The van der Waals surface area contributed by atoms with Gasteiger partial charge in [0.05, 0.1) is 6.10 Å². The average molecular weight is 402 g/mol. The second kappa shape index (κ2) is 11.4. The molecule has 160 valence electrons. The number of carbonyl (C=O) groups is 3. The molecule has 0 spiro atoms. The zero-order valence-corrected chi connectivity index (χ0v) is 16.7. The normalized spacial score (nSPS) is 23.1. The van der Waals surface area contributed by atoms with Crippen LogP contribution >= 0.6 is 0 Å². The highest BCUT2D eigenvalue weighted by atomic mass is 19.3. The van der Waals surface area contributed by atoms with Gasteiger partial charge in [0.2, 0.25) is 5.78 Å². The number of Topliss-reactive ketones (excluding diaryl/α,β-unsaturated/α-hetero) is 2. The van der Waals surface area contributed by atoms with Crippen LogP contribution < -0.4 is 0 Å². The lowest BCUT2D eigenvalue weighted by Gasteiger charge is -2.21. The van der Waals surface area contributed by atoms with Gasteiger partial charge >= 0.3 is 11.9 Å². The van der Waals surface area contributed by atoms with Crippen LogP contribution in [0.2, 0.25) is 0 Å². The van der Waals surface area contributed by atoms with Crippen molar-refractivity contribution < 1.29 is 33.4 Å². The van der Waals surface area contributed by atoms with Crippen molar-refractivity contribution in [3.63, 3.8) is 0 Å². The largest absolute Gasteiger partial charge is 0.481 e. The molecule has 1 rings (SSSR count). The Morgan fingerprint density at radius 2 is 1.93 bits per heavy atom. The lowest BCUT2D eigenvalue weighted by molar-refractivity contribution is -0.145. The molecule has 5 nitrogen and oxygen atoms in total. The molecule has 2 N–H and O–H groups in total. The molecule has 1 fully saturated rings. The van der Waals surface area contributed by atoms with Crippen molar-refractivity contribution in [2.24, 2.45) is 17.8 Å². The average Bonchev–Trinajstić information content (AvgIpc) is 2.86. The van der Waals surface area contributed by atoms with E-state index in [1.165, 1.54) is 0 Å². The van der Waals surface area contributed by atoms with Crippen molar-refractivity contribution in [2.45, 2.75) is 83.7 Å². The molecule has 0 radical (unpaired) electrons. The minimum Gasteiger partial charge on any atom is -0.481 e. The molecular weight excluding hydrogens is 370 g/mol. The molecule has 28 heavy (non-hydrogen) atoms. The van der Waals surface area contributed by atoms with Gasteiger partial charge in [-0.3, -0.25) is 14.4 Å². The molecule has 0 aromatic rings. The van der Waals surface area contributed by atoms with Crippen molar-refractivity contribution in [3.05, 3.63) is 12.2 Å². The number of hydrogen-bond acceptors (Lipinski definition) is 4. The molecule has 0 saturated heterocycles. The molecule has 0 amide bonds. The SMILES string of the molecule is CC(C)CCC(F)(F)C(=O)CC[C@@H]1C(C/C=C\CCCC(=O)O)C(=O)C[C@H]1O. The third-order valence-electron chi connectivity index (χ3n) is 5.30. The van der Waals surface area contributed by atoms with Crippen molar-refractivity contribution in [1.82, 2.24) is 0 Å². The molecule has 0 aliphatic heterocycles. The summed E-state index contributed by atoms with van der Waals surface area (Å²) in [6.45, 7) is 3.64. The number of unbranched alkanes of at least 4 members (excludes halogenated alkanes) is 1. The van der Waals surface area contributed by atoms with E-state index < -0.39 is 42.0 Å². The monoisotopic (exact) mass is 402 g/mol. The van der Waals surface area contributed by atoms with Crippen molar-refractivity contribution in [1.29, 1.82) is 0 Å². The number of aliphatic carboxylic acids is 1. The summed E-state index contributed by atoms with van der Waals surface area (Å²) in [7, 11) is 0. The van der Waals surface area contributed by atoms with Crippen LogP contribution in [0.5, 0.6) is 0 Å². The topological polar surface area (TPSA) is 91.7 Å². The van der Waals surface area contributed by atoms with Crippen LogP contribution in [0.25, 0.3) is 0 Å². The summed E-state index contributed by atoms with van der Waals surface area (Å²) >= 11 is 0. The fourth-order valence-electron chi connectivity index (χ4n) is 3.54. The second-order valence-electron chi connectivity index (χ2n) is 8.10. The number of allylic oxidation sites excluding steroid dienone is 2. The van der Waals surface area contributed by atoms with Crippen molar-refractivity contribution in [3.8, 4) is 0 Å². The van der Waals surface area contributed by atoms with Gasteiger partial charge in [-0.15, -0.1) is 0 Å². The fraction of sp³-hybridized carbons (Fsp3) is 0.762. The van der Waals surface area contributed by atoms with E-state index in [9.17, 15) is 28.3 Å². The third-order valence-corrected chi connectivity index (χ3v) is 5.30. The first-order chi connectivity index (χ1) is 13.0. The van der Waals surface area contributed by atoms with Crippen LogP contribution in [-0.2, 0) is 14.4 Å². The van der Waals surface area contributed by atoms with Gasteiger partial charge < -0.3 is 10.2 Å². The van der Waals surface area contributed by atoms with Crippen molar-refractivity contribution in [2.75, 3.05) is 0 Å². The maximum absolute atomic E-state index is 14.0. The maximum atomic E-state index is 14.0. The fourth-order valence-corrected chi connectivity index (χ4v) is 3.54. The standard InChI is InChI=1S/C21H32F2O5/c1-14(2)11-12-21(22,23)19(26)10-9-16-15(17(24)13-18(16)25)7-5-3-4-6-8-20(27)28/h3,5,14-16,18,25H,4,6-13H2,1-2H3,(H,27,28)/b5-3-/t15?,16-,18-/m1/s1. The lowest BCUT2D eigenvalue weighted by Crippen LogP contribution is -2.30. The van der Waals surface area contributed by atoms with E-state index in [4.69, 9.17) is 5.11 Å². The minimum absolute atomic E-state index is 0.0138. The number of hydrogen-bond donors (Lipinski definition) is 2. The molecule has 0 aromatic carbocycles. The highest BCUT2D eigenvalue weighted by Crippen LogP contribution is 2.36. The first-order valence-electron chi connectivity index (χ1n) is 10.0. The quantitative estimate of drug-likeness (QED) is 0.356. The number of halogens is 2. The first-order valence-corrected chi connectivity index (χ1v) is 10.0. The van der Waals surface area contributed by atoms with Crippen LogP contribution in [-0.4, -0.2) is 39.8 Å². The van der Waals surface area contributed by atoms with Crippen LogP contribution in [0.15, 0.2) is 12.2 Å².